The lowest BCUT2D eigenvalue weighted by atomic mass is 10.4. The predicted molar refractivity (Wildman–Crippen MR) is 64.5 cm³/mol. The highest BCUT2D eigenvalue weighted by Crippen LogP contribution is 2.26. The van der Waals surface area contributed by atoms with Gasteiger partial charge in [0.15, 0.2) is 8.68 Å². The number of hydrogen-bond acceptors (Lipinski definition) is 5. The van der Waals surface area contributed by atoms with Gasteiger partial charge in [0.25, 0.3) is 10.0 Å². The number of sulfonamides is 1. The molecule has 0 bridgehead atoms. The zero-order valence-corrected chi connectivity index (χ0v) is 11.2. The maximum absolute atomic E-state index is 11.9. The summed E-state index contributed by atoms with van der Waals surface area (Å²) in [5, 5.41) is 6.39. The van der Waals surface area contributed by atoms with Crippen LogP contribution in [0.5, 0.6) is 0 Å². The molecule has 9 heteroatoms. The number of aromatic amines is 1. The standard InChI is InChI=1S/C8H9ClN4O2S2/c1-5-7(16-8(9)12-5)17(14,15)11-4-6-2-3-10-13-6/h2-3,11H,4H2,1H3,(H,10,13). The van der Waals surface area contributed by atoms with Crippen molar-refractivity contribution in [1.82, 2.24) is 19.9 Å². The van der Waals surface area contributed by atoms with Crippen LogP contribution in [0.25, 0.3) is 0 Å². The van der Waals surface area contributed by atoms with Crippen LogP contribution in [0.4, 0.5) is 0 Å². The van der Waals surface area contributed by atoms with Gasteiger partial charge < -0.3 is 0 Å². The summed E-state index contributed by atoms with van der Waals surface area (Å²) in [4.78, 5) is 3.87. The third kappa shape index (κ3) is 2.83. The van der Waals surface area contributed by atoms with Crippen LogP contribution in [0.2, 0.25) is 4.47 Å². The van der Waals surface area contributed by atoms with E-state index in [0.29, 0.717) is 11.4 Å². The van der Waals surface area contributed by atoms with Crippen molar-refractivity contribution >= 4 is 33.0 Å². The Balaban J connectivity index is 2.17. The summed E-state index contributed by atoms with van der Waals surface area (Å²) in [7, 11) is -3.57. The number of rotatable bonds is 4. The Hall–Kier alpha value is -0.960. The van der Waals surface area contributed by atoms with Gasteiger partial charge in [0.1, 0.15) is 0 Å². The van der Waals surface area contributed by atoms with Crippen LogP contribution in [0, 0.1) is 6.92 Å². The molecule has 2 N–H and O–H groups in total. The summed E-state index contributed by atoms with van der Waals surface area (Å²) >= 11 is 6.61. The molecule has 0 aliphatic rings. The second kappa shape index (κ2) is 4.73. The SMILES string of the molecule is Cc1nc(Cl)sc1S(=O)(=O)NCc1ccn[nH]1. The topological polar surface area (TPSA) is 87.7 Å². The van der Waals surface area contributed by atoms with E-state index < -0.39 is 10.0 Å². The van der Waals surface area contributed by atoms with Gasteiger partial charge in [-0.3, -0.25) is 5.10 Å². The minimum atomic E-state index is -3.57. The van der Waals surface area contributed by atoms with Gasteiger partial charge in [-0.15, -0.1) is 0 Å². The van der Waals surface area contributed by atoms with Crippen LogP contribution in [0.3, 0.4) is 0 Å². The van der Waals surface area contributed by atoms with Gasteiger partial charge in [-0.05, 0) is 13.0 Å². The maximum Gasteiger partial charge on any atom is 0.252 e. The molecular formula is C8H9ClN4O2S2. The Kier molecular flexibility index (Phi) is 3.48. The normalized spacial score (nSPS) is 11.9. The second-order valence-electron chi connectivity index (χ2n) is 3.25. The molecule has 17 heavy (non-hydrogen) atoms. The van der Waals surface area contributed by atoms with Crippen molar-refractivity contribution in [3.8, 4) is 0 Å². The minimum Gasteiger partial charge on any atom is -0.281 e. The van der Waals surface area contributed by atoms with Gasteiger partial charge in [-0.2, -0.15) is 5.10 Å². The largest absolute Gasteiger partial charge is 0.281 e. The van der Waals surface area contributed by atoms with Gasteiger partial charge in [0.05, 0.1) is 17.9 Å². The maximum atomic E-state index is 11.9. The fourth-order valence-electron chi connectivity index (χ4n) is 1.22. The number of aromatic nitrogens is 3. The molecule has 0 unspecified atom stereocenters. The number of nitrogens with one attached hydrogen (secondary N) is 2. The quantitative estimate of drug-likeness (QED) is 0.889. The van der Waals surface area contributed by atoms with E-state index in [1.54, 1.807) is 19.2 Å². The molecule has 0 saturated carbocycles. The summed E-state index contributed by atoms with van der Waals surface area (Å²) in [5.41, 5.74) is 1.08. The zero-order valence-electron chi connectivity index (χ0n) is 8.77. The van der Waals surface area contributed by atoms with Crippen LogP contribution in [-0.4, -0.2) is 23.6 Å². The molecular weight excluding hydrogens is 284 g/mol. The number of halogens is 1. The van der Waals surface area contributed by atoms with Gasteiger partial charge in [0, 0.05) is 6.20 Å². The number of nitrogens with zero attached hydrogens (tertiary/aromatic N) is 2. The number of thiazole rings is 1. The van der Waals surface area contributed by atoms with Crippen LogP contribution in [0.1, 0.15) is 11.4 Å². The second-order valence-corrected chi connectivity index (χ2v) is 6.79. The van der Waals surface area contributed by atoms with E-state index in [1.165, 1.54) is 0 Å². The van der Waals surface area contributed by atoms with Gasteiger partial charge in [-0.25, -0.2) is 18.1 Å². The molecule has 0 fully saturated rings. The number of aryl methyl sites for hydroxylation is 1. The molecule has 0 aromatic carbocycles. The molecule has 0 radical (unpaired) electrons. The van der Waals surface area contributed by atoms with E-state index in [0.717, 1.165) is 11.3 Å². The Labute approximate surface area is 107 Å². The highest BCUT2D eigenvalue weighted by molar-refractivity contribution is 7.91. The van der Waals surface area contributed by atoms with Crippen LogP contribution < -0.4 is 4.72 Å². The van der Waals surface area contributed by atoms with E-state index in [4.69, 9.17) is 11.6 Å². The van der Waals surface area contributed by atoms with Crippen molar-refractivity contribution in [1.29, 1.82) is 0 Å². The minimum absolute atomic E-state index is 0.141. The van der Waals surface area contributed by atoms with E-state index >= 15 is 0 Å². The summed E-state index contributed by atoms with van der Waals surface area (Å²) in [6.45, 7) is 1.75. The molecule has 0 aliphatic heterocycles. The smallest absolute Gasteiger partial charge is 0.252 e. The summed E-state index contributed by atoms with van der Waals surface area (Å²) in [6, 6.07) is 1.69. The Morgan fingerprint density at radius 2 is 2.35 bits per heavy atom. The molecule has 0 atom stereocenters. The van der Waals surface area contributed by atoms with Crippen molar-refractivity contribution in [2.24, 2.45) is 0 Å². The van der Waals surface area contributed by atoms with Crippen molar-refractivity contribution in [3.63, 3.8) is 0 Å². The van der Waals surface area contributed by atoms with Crippen molar-refractivity contribution < 1.29 is 8.42 Å². The first-order valence-corrected chi connectivity index (χ1v) is 7.27. The van der Waals surface area contributed by atoms with E-state index in [2.05, 4.69) is 19.9 Å². The van der Waals surface area contributed by atoms with Crippen LogP contribution in [-0.2, 0) is 16.6 Å². The molecule has 0 amide bonds. The molecule has 2 heterocycles. The molecule has 2 rings (SSSR count). The third-order valence-corrected chi connectivity index (χ3v) is 5.26. The average molecular weight is 293 g/mol. The molecule has 0 spiro atoms. The lowest BCUT2D eigenvalue weighted by Crippen LogP contribution is -2.23. The van der Waals surface area contributed by atoms with E-state index in [-0.39, 0.29) is 15.2 Å². The Morgan fingerprint density at radius 1 is 1.59 bits per heavy atom. The highest BCUT2D eigenvalue weighted by Gasteiger charge is 2.21. The lowest BCUT2D eigenvalue weighted by molar-refractivity contribution is 0.581. The third-order valence-electron chi connectivity index (χ3n) is 1.98. The summed E-state index contributed by atoms with van der Waals surface area (Å²) in [6.07, 6.45) is 1.55. The molecule has 2 aromatic rings. The summed E-state index contributed by atoms with van der Waals surface area (Å²) < 4.78 is 26.7. The average Bonchev–Trinajstić information content (AvgIpc) is 2.85. The van der Waals surface area contributed by atoms with Crippen LogP contribution >= 0.6 is 22.9 Å². The molecule has 0 aliphatic carbocycles. The van der Waals surface area contributed by atoms with E-state index in [1.807, 2.05) is 0 Å². The first-order valence-electron chi connectivity index (χ1n) is 4.60. The van der Waals surface area contributed by atoms with Gasteiger partial charge in [0.2, 0.25) is 0 Å². The van der Waals surface area contributed by atoms with Crippen molar-refractivity contribution in [2.75, 3.05) is 0 Å². The fourth-order valence-corrected chi connectivity index (χ4v) is 4.01. The van der Waals surface area contributed by atoms with E-state index in [9.17, 15) is 8.42 Å². The predicted octanol–water partition coefficient (Wildman–Crippen LogP) is 1.31. The van der Waals surface area contributed by atoms with Crippen molar-refractivity contribution in [3.05, 3.63) is 28.1 Å². The number of H-pyrrole nitrogens is 1. The first kappa shape index (κ1) is 12.5. The number of hydrogen-bond donors (Lipinski definition) is 2. The zero-order chi connectivity index (χ0) is 12.5. The molecule has 92 valence electrons. The monoisotopic (exact) mass is 292 g/mol. The van der Waals surface area contributed by atoms with Gasteiger partial charge >= 0.3 is 0 Å². The Bertz CT molecular complexity index is 606. The van der Waals surface area contributed by atoms with Gasteiger partial charge in [-0.1, -0.05) is 22.9 Å². The van der Waals surface area contributed by atoms with Crippen molar-refractivity contribution in [2.45, 2.75) is 17.7 Å². The van der Waals surface area contributed by atoms with Crippen LogP contribution in [0.15, 0.2) is 16.5 Å². The lowest BCUT2D eigenvalue weighted by Gasteiger charge is -2.03. The Morgan fingerprint density at radius 3 is 2.88 bits per heavy atom. The first-order chi connectivity index (χ1) is 7.99. The fraction of sp³-hybridized carbons (Fsp3) is 0.250. The highest BCUT2D eigenvalue weighted by atomic mass is 35.5. The molecule has 2 aromatic heterocycles. The summed E-state index contributed by atoms with van der Waals surface area (Å²) in [5.74, 6) is 0. The molecule has 0 saturated heterocycles. The molecule has 6 nitrogen and oxygen atoms in total.